The molecule has 0 saturated carbocycles. The van der Waals surface area contributed by atoms with Gasteiger partial charge in [-0.15, -0.1) is 0 Å². The summed E-state index contributed by atoms with van der Waals surface area (Å²) in [5.74, 6) is 0. The molecule has 0 bridgehead atoms. The zero-order valence-electron chi connectivity index (χ0n) is 11.7. The lowest BCUT2D eigenvalue weighted by Gasteiger charge is -2.27. The minimum Gasteiger partial charge on any atom is -0.329 e. The first-order valence-corrected chi connectivity index (χ1v) is 8.16. The highest BCUT2D eigenvalue weighted by molar-refractivity contribution is 9.10. The Morgan fingerprint density at radius 1 is 1.10 bits per heavy atom. The summed E-state index contributed by atoms with van der Waals surface area (Å²) < 4.78 is 1.08. The zero-order chi connectivity index (χ0) is 15.4. The van der Waals surface area contributed by atoms with E-state index in [4.69, 9.17) is 28.9 Å². The molecule has 0 aliphatic heterocycles. The van der Waals surface area contributed by atoms with E-state index in [9.17, 15) is 0 Å². The second-order valence-corrected chi connectivity index (χ2v) is 6.70. The second kappa shape index (κ2) is 7.61. The average molecular weight is 388 g/mol. The molecular formula is C16H17BrCl2N2. The number of hydrogen-bond donors (Lipinski definition) is 1. The lowest BCUT2D eigenvalue weighted by Crippen LogP contribution is -2.30. The average Bonchev–Trinajstić information content (AvgIpc) is 2.46. The van der Waals surface area contributed by atoms with Gasteiger partial charge in [-0.1, -0.05) is 57.3 Å². The molecule has 0 heterocycles. The number of halogens is 3. The number of rotatable bonds is 5. The van der Waals surface area contributed by atoms with E-state index in [2.05, 4.69) is 40.0 Å². The smallest absolute Gasteiger partial charge is 0.0595 e. The van der Waals surface area contributed by atoms with E-state index in [1.807, 2.05) is 30.3 Å². The van der Waals surface area contributed by atoms with Crippen LogP contribution in [-0.2, 0) is 6.54 Å². The van der Waals surface area contributed by atoms with Gasteiger partial charge in [-0.3, -0.25) is 4.90 Å². The van der Waals surface area contributed by atoms with Gasteiger partial charge in [-0.05, 0) is 42.4 Å². The van der Waals surface area contributed by atoms with Crippen LogP contribution in [0.2, 0.25) is 10.0 Å². The first kappa shape index (κ1) is 16.8. The molecule has 0 fully saturated rings. The molecule has 0 aliphatic rings. The molecule has 1 unspecified atom stereocenters. The van der Waals surface area contributed by atoms with Gasteiger partial charge in [0.15, 0.2) is 0 Å². The Bertz CT molecular complexity index is 602. The minimum atomic E-state index is 0.100. The normalized spacial score (nSPS) is 12.7. The number of nitrogens with zero attached hydrogens (tertiary/aromatic N) is 1. The molecule has 2 rings (SSSR count). The summed E-state index contributed by atoms with van der Waals surface area (Å²) in [6, 6.07) is 14.1. The van der Waals surface area contributed by atoms with Gasteiger partial charge in [0.1, 0.15) is 0 Å². The van der Waals surface area contributed by atoms with E-state index >= 15 is 0 Å². The van der Waals surface area contributed by atoms with Gasteiger partial charge in [0.05, 0.1) is 10.0 Å². The number of likely N-dealkylation sites (N-methyl/N-ethyl adjacent to an activating group) is 1. The van der Waals surface area contributed by atoms with E-state index in [1.54, 1.807) is 0 Å². The Balaban J connectivity index is 2.15. The summed E-state index contributed by atoms with van der Waals surface area (Å²) in [6.07, 6.45) is 0. The van der Waals surface area contributed by atoms with Crippen molar-refractivity contribution < 1.29 is 0 Å². The van der Waals surface area contributed by atoms with Crippen molar-refractivity contribution in [3.63, 3.8) is 0 Å². The maximum atomic E-state index is 6.10. The largest absolute Gasteiger partial charge is 0.329 e. The molecule has 0 saturated heterocycles. The van der Waals surface area contributed by atoms with Crippen molar-refractivity contribution in [3.05, 3.63) is 68.1 Å². The minimum absolute atomic E-state index is 0.100. The fourth-order valence-corrected chi connectivity index (χ4v) is 2.85. The lowest BCUT2D eigenvalue weighted by atomic mass is 10.0. The van der Waals surface area contributed by atoms with Gasteiger partial charge in [0, 0.05) is 23.6 Å². The van der Waals surface area contributed by atoms with Gasteiger partial charge >= 0.3 is 0 Å². The quantitative estimate of drug-likeness (QED) is 0.791. The van der Waals surface area contributed by atoms with Gasteiger partial charge in [0.2, 0.25) is 0 Å². The third-order valence-electron chi connectivity index (χ3n) is 3.43. The highest BCUT2D eigenvalue weighted by Crippen LogP contribution is 2.28. The first-order chi connectivity index (χ1) is 10.0. The van der Waals surface area contributed by atoms with Crippen LogP contribution in [0.5, 0.6) is 0 Å². The molecule has 5 heteroatoms. The second-order valence-electron chi connectivity index (χ2n) is 4.97. The molecule has 2 aromatic carbocycles. The molecular weight excluding hydrogens is 371 g/mol. The molecule has 0 aliphatic carbocycles. The summed E-state index contributed by atoms with van der Waals surface area (Å²) in [7, 11) is 2.06. The van der Waals surface area contributed by atoms with E-state index in [0.717, 1.165) is 16.6 Å². The lowest BCUT2D eigenvalue weighted by molar-refractivity contribution is 0.242. The molecule has 112 valence electrons. The number of nitrogens with two attached hydrogens (primary N) is 1. The Kier molecular flexibility index (Phi) is 6.08. The predicted molar refractivity (Wildman–Crippen MR) is 93.9 cm³/mol. The van der Waals surface area contributed by atoms with Crippen molar-refractivity contribution in [1.82, 2.24) is 4.90 Å². The highest BCUT2D eigenvalue weighted by Gasteiger charge is 2.16. The Hall–Kier alpha value is -0.580. The van der Waals surface area contributed by atoms with Crippen molar-refractivity contribution in [3.8, 4) is 0 Å². The Morgan fingerprint density at radius 3 is 2.33 bits per heavy atom. The van der Waals surface area contributed by atoms with E-state index in [-0.39, 0.29) is 6.04 Å². The van der Waals surface area contributed by atoms with Crippen LogP contribution in [-0.4, -0.2) is 18.5 Å². The zero-order valence-corrected chi connectivity index (χ0v) is 14.8. The monoisotopic (exact) mass is 386 g/mol. The van der Waals surface area contributed by atoms with Gasteiger partial charge in [-0.25, -0.2) is 0 Å². The van der Waals surface area contributed by atoms with E-state index in [1.165, 1.54) is 5.56 Å². The molecule has 2 aromatic rings. The van der Waals surface area contributed by atoms with Crippen LogP contribution in [0.25, 0.3) is 0 Å². The summed E-state index contributed by atoms with van der Waals surface area (Å²) in [5, 5.41) is 1.12. The summed E-state index contributed by atoms with van der Waals surface area (Å²) in [5.41, 5.74) is 8.26. The summed E-state index contributed by atoms with van der Waals surface area (Å²) in [4.78, 5) is 2.21. The summed E-state index contributed by atoms with van der Waals surface area (Å²) >= 11 is 15.5. The van der Waals surface area contributed by atoms with Crippen molar-refractivity contribution in [2.75, 3.05) is 13.6 Å². The Labute approximate surface area is 144 Å². The third-order valence-corrected chi connectivity index (χ3v) is 4.70. The first-order valence-electron chi connectivity index (χ1n) is 6.61. The van der Waals surface area contributed by atoms with Crippen molar-refractivity contribution >= 4 is 39.1 Å². The van der Waals surface area contributed by atoms with Crippen LogP contribution < -0.4 is 5.73 Å². The van der Waals surface area contributed by atoms with Gasteiger partial charge in [0.25, 0.3) is 0 Å². The van der Waals surface area contributed by atoms with E-state index < -0.39 is 0 Å². The molecule has 2 N–H and O–H groups in total. The van der Waals surface area contributed by atoms with E-state index in [0.29, 0.717) is 16.6 Å². The topological polar surface area (TPSA) is 29.3 Å². The van der Waals surface area contributed by atoms with Crippen molar-refractivity contribution in [2.45, 2.75) is 12.6 Å². The van der Waals surface area contributed by atoms with Crippen LogP contribution in [0.4, 0.5) is 0 Å². The maximum Gasteiger partial charge on any atom is 0.0595 e. The third kappa shape index (κ3) is 4.44. The highest BCUT2D eigenvalue weighted by atomic mass is 79.9. The number of hydrogen-bond acceptors (Lipinski definition) is 2. The predicted octanol–water partition coefficient (Wildman–Crippen LogP) is 4.89. The molecule has 0 radical (unpaired) electrons. The number of benzene rings is 2. The van der Waals surface area contributed by atoms with Crippen LogP contribution in [0.3, 0.4) is 0 Å². The van der Waals surface area contributed by atoms with Gasteiger partial charge < -0.3 is 5.73 Å². The maximum absolute atomic E-state index is 6.10. The van der Waals surface area contributed by atoms with Crippen LogP contribution in [0, 0.1) is 0 Å². The molecule has 0 amide bonds. The molecule has 21 heavy (non-hydrogen) atoms. The molecule has 0 aromatic heterocycles. The molecule has 0 spiro atoms. The fourth-order valence-electron chi connectivity index (χ4n) is 2.28. The van der Waals surface area contributed by atoms with Crippen molar-refractivity contribution in [2.24, 2.45) is 5.73 Å². The SMILES string of the molecule is CN(Cc1ccc(Br)cc1)C(CN)c1ccc(Cl)c(Cl)c1. The molecule has 1 atom stereocenters. The fraction of sp³-hybridized carbons (Fsp3) is 0.250. The van der Waals surface area contributed by atoms with Gasteiger partial charge in [-0.2, -0.15) is 0 Å². The van der Waals surface area contributed by atoms with Crippen LogP contribution in [0.15, 0.2) is 46.9 Å². The summed E-state index contributed by atoms with van der Waals surface area (Å²) in [6.45, 7) is 1.33. The van der Waals surface area contributed by atoms with Crippen molar-refractivity contribution in [1.29, 1.82) is 0 Å². The standard InChI is InChI=1S/C16H17BrCl2N2/c1-21(10-11-2-5-13(17)6-3-11)16(9-20)12-4-7-14(18)15(19)8-12/h2-8,16H,9-10,20H2,1H3. The van der Waals surface area contributed by atoms with Crippen LogP contribution in [0.1, 0.15) is 17.2 Å². The molecule has 2 nitrogen and oxygen atoms in total. The van der Waals surface area contributed by atoms with Crippen LogP contribution >= 0.6 is 39.1 Å². The Morgan fingerprint density at radius 2 is 1.76 bits per heavy atom.